The summed E-state index contributed by atoms with van der Waals surface area (Å²) in [5, 5.41) is 12.1. The Balaban J connectivity index is 1.36. The van der Waals surface area contributed by atoms with Gasteiger partial charge in [0.1, 0.15) is 18.0 Å². The Hall–Kier alpha value is -2.61. The second-order valence-corrected chi connectivity index (χ2v) is 9.17. The first kappa shape index (κ1) is 25.0. The van der Waals surface area contributed by atoms with E-state index in [0.717, 1.165) is 17.7 Å². The molecule has 0 aliphatic carbocycles. The second kappa shape index (κ2) is 12.0. The summed E-state index contributed by atoms with van der Waals surface area (Å²) < 4.78 is 16.6. The van der Waals surface area contributed by atoms with Gasteiger partial charge in [0.05, 0.1) is 25.9 Å². The highest BCUT2D eigenvalue weighted by Crippen LogP contribution is 2.30. The number of β-amino-alcohol motifs (C(OH)–C–C–N with tert-alkyl or cyclic N) is 1. The molecule has 1 saturated heterocycles. The van der Waals surface area contributed by atoms with Crippen LogP contribution in [0.1, 0.15) is 44.2 Å². The van der Waals surface area contributed by atoms with Crippen molar-refractivity contribution in [1.82, 2.24) is 5.06 Å². The lowest BCUT2D eigenvalue weighted by Gasteiger charge is -2.34. The SMILES string of the molecule is CC(C)(C)OC(=O)ON1CCC(c2ccc(OCCOCCc3ccccc3)cc2)C(O)C1. The number of aliphatic hydroxyl groups is 1. The van der Waals surface area contributed by atoms with Gasteiger partial charge in [-0.15, -0.1) is 5.06 Å². The molecular formula is C26H35NO6. The van der Waals surface area contributed by atoms with Crippen molar-refractivity contribution in [2.45, 2.75) is 51.2 Å². The fourth-order valence-corrected chi connectivity index (χ4v) is 3.71. The molecule has 2 aromatic carbocycles. The molecule has 0 aromatic heterocycles. The molecule has 0 radical (unpaired) electrons. The fourth-order valence-electron chi connectivity index (χ4n) is 3.71. The Morgan fingerprint density at radius 1 is 1.03 bits per heavy atom. The van der Waals surface area contributed by atoms with E-state index in [2.05, 4.69) is 12.1 Å². The first-order valence-corrected chi connectivity index (χ1v) is 11.5. The van der Waals surface area contributed by atoms with Gasteiger partial charge < -0.3 is 24.2 Å². The topological polar surface area (TPSA) is 77.5 Å². The molecule has 33 heavy (non-hydrogen) atoms. The molecule has 1 fully saturated rings. The molecule has 0 bridgehead atoms. The molecule has 1 N–H and O–H groups in total. The molecule has 7 nitrogen and oxygen atoms in total. The number of piperidine rings is 1. The monoisotopic (exact) mass is 457 g/mol. The highest BCUT2D eigenvalue weighted by Gasteiger charge is 2.32. The number of hydrogen-bond acceptors (Lipinski definition) is 7. The Kier molecular flexibility index (Phi) is 9.11. The molecule has 2 unspecified atom stereocenters. The normalized spacial score (nSPS) is 19.2. The van der Waals surface area contributed by atoms with Crippen LogP contribution in [0.4, 0.5) is 4.79 Å². The smallest absolute Gasteiger partial charge is 0.491 e. The van der Waals surface area contributed by atoms with Crippen LogP contribution in [-0.4, -0.2) is 60.9 Å². The summed E-state index contributed by atoms with van der Waals surface area (Å²) in [4.78, 5) is 17.1. The van der Waals surface area contributed by atoms with Gasteiger partial charge in [0.2, 0.25) is 0 Å². The summed E-state index contributed by atoms with van der Waals surface area (Å²) in [5.41, 5.74) is 1.68. The average Bonchev–Trinajstić information content (AvgIpc) is 2.76. The van der Waals surface area contributed by atoms with Crippen LogP contribution < -0.4 is 4.74 Å². The number of hydroxylamine groups is 2. The highest BCUT2D eigenvalue weighted by atomic mass is 16.8. The van der Waals surface area contributed by atoms with E-state index in [1.807, 2.05) is 42.5 Å². The maximum atomic E-state index is 11.8. The standard InChI is InChI=1S/C26H35NO6/c1-26(2,3)32-25(29)33-27-15-13-23(24(28)19-27)21-9-11-22(12-10-21)31-18-17-30-16-14-20-7-5-4-6-8-20/h4-12,23-24,28H,13-19H2,1-3H3. The molecule has 180 valence electrons. The van der Waals surface area contributed by atoms with Crippen molar-refractivity contribution in [3.05, 3.63) is 65.7 Å². The molecule has 0 saturated carbocycles. The van der Waals surface area contributed by atoms with Crippen molar-refractivity contribution in [2.75, 3.05) is 32.9 Å². The van der Waals surface area contributed by atoms with Gasteiger partial charge in [-0.05, 0) is 56.9 Å². The first-order valence-electron chi connectivity index (χ1n) is 11.5. The van der Waals surface area contributed by atoms with Crippen molar-refractivity contribution in [2.24, 2.45) is 0 Å². The van der Waals surface area contributed by atoms with Crippen molar-refractivity contribution in [1.29, 1.82) is 0 Å². The van der Waals surface area contributed by atoms with Crippen LogP contribution in [0, 0.1) is 0 Å². The fraction of sp³-hybridized carbons (Fsp3) is 0.500. The van der Waals surface area contributed by atoms with E-state index in [4.69, 9.17) is 19.0 Å². The van der Waals surface area contributed by atoms with Gasteiger partial charge in [-0.1, -0.05) is 42.5 Å². The number of carbonyl (C=O) groups excluding carboxylic acids is 1. The summed E-state index contributed by atoms with van der Waals surface area (Å²) >= 11 is 0. The lowest BCUT2D eigenvalue weighted by atomic mass is 9.88. The molecule has 1 aliphatic rings. The van der Waals surface area contributed by atoms with E-state index in [-0.39, 0.29) is 12.5 Å². The summed E-state index contributed by atoms with van der Waals surface area (Å²) in [6, 6.07) is 18.0. The minimum atomic E-state index is -0.751. The van der Waals surface area contributed by atoms with Crippen LogP contribution in [0.3, 0.4) is 0 Å². The molecular weight excluding hydrogens is 422 g/mol. The average molecular weight is 458 g/mol. The number of aliphatic hydroxyl groups excluding tert-OH is 1. The summed E-state index contributed by atoms with van der Waals surface area (Å²) in [6.45, 7) is 7.79. The van der Waals surface area contributed by atoms with E-state index < -0.39 is 17.9 Å². The van der Waals surface area contributed by atoms with Crippen molar-refractivity contribution >= 4 is 6.16 Å². The number of carbonyl (C=O) groups is 1. The Morgan fingerprint density at radius 2 is 1.76 bits per heavy atom. The highest BCUT2D eigenvalue weighted by molar-refractivity contribution is 5.60. The third kappa shape index (κ3) is 8.68. The molecule has 2 aromatic rings. The van der Waals surface area contributed by atoms with Crippen LogP contribution >= 0.6 is 0 Å². The van der Waals surface area contributed by atoms with Gasteiger partial charge in [-0.25, -0.2) is 4.79 Å². The van der Waals surface area contributed by atoms with Crippen LogP contribution in [0.25, 0.3) is 0 Å². The second-order valence-electron chi connectivity index (χ2n) is 9.17. The number of hydrogen-bond donors (Lipinski definition) is 1. The maximum Gasteiger partial charge on any atom is 0.528 e. The Labute approximate surface area is 196 Å². The lowest BCUT2D eigenvalue weighted by molar-refractivity contribution is -0.170. The van der Waals surface area contributed by atoms with E-state index >= 15 is 0 Å². The summed E-state index contributed by atoms with van der Waals surface area (Å²) in [5.74, 6) is 0.740. The minimum Gasteiger partial charge on any atom is -0.491 e. The van der Waals surface area contributed by atoms with E-state index in [0.29, 0.717) is 32.8 Å². The minimum absolute atomic E-state index is 0.0288. The van der Waals surface area contributed by atoms with Gasteiger partial charge in [0, 0.05) is 12.5 Å². The number of benzene rings is 2. The van der Waals surface area contributed by atoms with E-state index in [1.54, 1.807) is 20.8 Å². The molecule has 0 amide bonds. The Morgan fingerprint density at radius 3 is 2.42 bits per heavy atom. The zero-order valence-electron chi connectivity index (χ0n) is 19.7. The first-order chi connectivity index (χ1) is 15.8. The molecule has 3 rings (SSSR count). The predicted molar refractivity (Wildman–Crippen MR) is 125 cm³/mol. The largest absolute Gasteiger partial charge is 0.528 e. The molecule has 1 heterocycles. The van der Waals surface area contributed by atoms with Crippen LogP contribution in [0.15, 0.2) is 54.6 Å². The van der Waals surface area contributed by atoms with Gasteiger partial charge in [-0.3, -0.25) is 0 Å². The van der Waals surface area contributed by atoms with E-state index in [9.17, 15) is 9.90 Å². The van der Waals surface area contributed by atoms with Crippen molar-refractivity contribution in [3.8, 4) is 5.75 Å². The van der Waals surface area contributed by atoms with Crippen molar-refractivity contribution in [3.63, 3.8) is 0 Å². The molecule has 7 heteroatoms. The van der Waals surface area contributed by atoms with Crippen LogP contribution in [0.5, 0.6) is 5.75 Å². The lowest BCUT2D eigenvalue weighted by Crippen LogP contribution is -2.44. The number of ether oxygens (including phenoxy) is 3. The van der Waals surface area contributed by atoms with Gasteiger partial charge in [0.25, 0.3) is 0 Å². The maximum absolute atomic E-state index is 11.8. The Bertz CT molecular complexity index is 849. The van der Waals surface area contributed by atoms with Crippen molar-refractivity contribution < 1.29 is 28.9 Å². The quantitative estimate of drug-likeness (QED) is 0.443. The zero-order valence-corrected chi connectivity index (χ0v) is 19.7. The third-order valence-electron chi connectivity index (χ3n) is 5.32. The van der Waals surface area contributed by atoms with Gasteiger partial charge in [0.15, 0.2) is 0 Å². The van der Waals surface area contributed by atoms with E-state index in [1.165, 1.54) is 10.6 Å². The van der Waals surface area contributed by atoms with Crippen LogP contribution in [0.2, 0.25) is 0 Å². The number of rotatable bonds is 9. The molecule has 0 spiro atoms. The molecule has 2 atom stereocenters. The summed E-state index contributed by atoms with van der Waals surface area (Å²) in [6.07, 6.45) is 0.156. The van der Waals surface area contributed by atoms with Crippen LogP contribution in [-0.2, 0) is 20.7 Å². The van der Waals surface area contributed by atoms with Gasteiger partial charge >= 0.3 is 6.16 Å². The zero-order chi connectivity index (χ0) is 23.7. The molecule has 1 aliphatic heterocycles. The number of nitrogens with zero attached hydrogens (tertiary/aromatic N) is 1. The van der Waals surface area contributed by atoms with Gasteiger partial charge in [-0.2, -0.15) is 0 Å². The third-order valence-corrected chi connectivity index (χ3v) is 5.32. The summed E-state index contributed by atoms with van der Waals surface area (Å²) in [7, 11) is 0. The predicted octanol–water partition coefficient (Wildman–Crippen LogP) is 4.34.